The van der Waals surface area contributed by atoms with Gasteiger partial charge in [0.25, 0.3) is 0 Å². The number of hydrogen-bond acceptors (Lipinski definition) is 4. The predicted molar refractivity (Wildman–Crippen MR) is 83.6 cm³/mol. The second-order valence-corrected chi connectivity index (χ2v) is 4.44. The van der Waals surface area contributed by atoms with Crippen LogP contribution in [0.3, 0.4) is 0 Å². The maximum Gasteiger partial charge on any atom is 0.340 e. The van der Waals surface area contributed by atoms with Gasteiger partial charge in [-0.1, -0.05) is 18.2 Å². The Balaban J connectivity index is 3.06. The molecule has 0 atom stereocenters. The summed E-state index contributed by atoms with van der Waals surface area (Å²) in [6.07, 6.45) is 1.54. The van der Waals surface area contributed by atoms with E-state index in [0.717, 1.165) is 0 Å². The lowest BCUT2D eigenvalue weighted by Crippen LogP contribution is -2.40. The molecule has 0 aliphatic heterocycles. The van der Waals surface area contributed by atoms with Crippen LogP contribution in [0.2, 0.25) is 0 Å². The highest BCUT2D eigenvalue weighted by atomic mass is 16.5. The van der Waals surface area contributed by atoms with Gasteiger partial charge in [0.15, 0.2) is 0 Å². The highest BCUT2D eigenvalue weighted by molar-refractivity contribution is 6.04. The Morgan fingerprint density at radius 3 is 2.59 bits per heavy atom. The van der Waals surface area contributed by atoms with Crippen molar-refractivity contribution in [2.24, 2.45) is 0 Å². The maximum absolute atomic E-state index is 12.0. The fourth-order valence-corrected chi connectivity index (χ4v) is 1.84. The zero-order valence-electron chi connectivity index (χ0n) is 12.8. The number of anilines is 1. The van der Waals surface area contributed by atoms with Crippen molar-refractivity contribution < 1.29 is 19.1 Å². The first kappa shape index (κ1) is 17.4. The third kappa shape index (κ3) is 4.73. The highest BCUT2D eigenvalue weighted by Gasteiger charge is 2.21. The van der Waals surface area contributed by atoms with Crippen LogP contribution in [-0.4, -0.2) is 37.5 Å². The van der Waals surface area contributed by atoms with Crippen LogP contribution >= 0.6 is 0 Å². The van der Waals surface area contributed by atoms with E-state index in [1.807, 2.05) is 0 Å². The molecule has 1 aromatic rings. The van der Waals surface area contributed by atoms with Gasteiger partial charge in [0.1, 0.15) is 6.54 Å². The lowest BCUT2D eigenvalue weighted by molar-refractivity contribution is -0.122. The predicted octanol–water partition coefficient (Wildman–Crippen LogP) is 1.52. The number of carbonyl (C=O) groups excluding carboxylic acids is 3. The molecule has 6 nitrogen and oxygen atoms in total. The number of ether oxygens (including phenoxy) is 1. The monoisotopic (exact) mass is 304 g/mol. The van der Waals surface area contributed by atoms with E-state index in [-0.39, 0.29) is 30.5 Å². The standard InChI is InChI=1S/C16H20N2O4/c1-4-10-17-15(20)11-18(12(3)19)14-9-7-6-8-13(14)16(21)22-5-2/h4,6-9H,1,5,10-11H2,2-3H3,(H,17,20). The van der Waals surface area contributed by atoms with Gasteiger partial charge in [-0.05, 0) is 19.1 Å². The summed E-state index contributed by atoms with van der Waals surface area (Å²) in [5, 5.41) is 2.59. The van der Waals surface area contributed by atoms with Gasteiger partial charge in [-0.25, -0.2) is 4.79 Å². The summed E-state index contributed by atoms with van der Waals surface area (Å²) in [6, 6.07) is 6.53. The molecule has 0 fully saturated rings. The first-order valence-electron chi connectivity index (χ1n) is 6.93. The maximum atomic E-state index is 12.0. The molecule has 0 aliphatic rings. The van der Waals surface area contributed by atoms with Crippen molar-refractivity contribution in [1.82, 2.24) is 5.32 Å². The third-order valence-corrected chi connectivity index (χ3v) is 2.82. The van der Waals surface area contributed by atoms with Crippen molar-refractivity contribution in [3.8, 4) is 0 Å². The third-order valence-electron chi connectivity index (χ3n) is 2.82. The SMILES string of the molecule is C=CCNC(=O)CN(C(C)=O)c1ccccc1C(=O)OCC. The number of nitrogens with zero attached hydrogens (tertiary/aromatic N) is 1. The Bertz CT molecular complexity index is 569. The van der Waals surface area contributed by atoms with E-state index >= 15 is 0 Å². The molecule has 2 amide bonds. The molecule has 1 rings (SSSR count). The van der Waals surface area contributed by atoms with Gasteiger partial charge in [0.2, 0.25) is 11.8 Å². The van der Waals surface area contributed by atoms with Crippen LogP contribution in [0.1, 0.15) is 24.2 Å². The molecule has 0 spiro atoms. The fourth-order valence-electron chi connectivity index (χ4n) is 1.84. The van der Waals surface area contributed by atoms with E-state index in [4.69, 9.17) is 4.74 Å². The molecule has 0 radical (unpaired) electrons. The number of amides is 2. The second-order valence-electron chi connectivity index (χ2n) is 4.44. The van der Waals surface area contributed by atoms with Crippen LogP contribution in [0.5, 0.6) is 0 Å². The summed E-state index contributed by atoms with van der Waals surface area (Å²) in [6.45, 7) is 6.90. The van der Waals surface area contributed by atoms with E-state index in [2.05, 4.69) is 11.9 Å². The van der Waals surface area contributed by atoms with Gasteiger partial charge in [-0.2, -0.15) is 0 Å². The Morgan fingerprint density at radius 1 is 1.32 bits per heavy atom. The average molecular weight is 304 g/mol. The first-order valence-corrected chi connectivity index (χ1v) is 6.93. The summed E-state index contributed by atoms with van der Waals surface area (Å²) in [5.74, 6) is -1.21. The molecule has 0 aromatic heterocycles. The molecule has 0 unspecified atom stereocenters. The fraction of sp³-hybridized carbons (Fsp3) is 0.312. The topological polar surface area (TPSA) is 75.7 Å². The number of nitrogens with one attached hydrogen (secondary N) is 1. The Morgan fingerprint density at radius 2 is 2.00 bits per heavy atom. The zero-order valence-corrected chi connectivity index (χ0v) is 12.8. The largest absolute Gasteiger partial charge is 0.462 e. The molecular weight excluding hydrogens is 284 g/mol. The van der Waals surface area contributed by atoms with Crippen molar-refractivity contribution in [3.63, 3.8) is 0 Å². The molecule has 118 valence electrons. The van der Waals surface area contributed by atoms with Crippen molar-refractivity contribution in [2.45, 2.75) is 13.8 Å². The van der Waals surface area contributed by atoms with Crippen LogP contribution in [0.15, 0.2) is 36.9 Å². The lowest BCUT2D eigenvalue weighted by Gasteiger charge is -2.22. The molecule has 0 saturated heterocycles. The van der Waals surface area contributed by atoms with Crippen LogP contribution in [0.25, 0.3) is 0 Å². The minimum Gasteiger partial charge on any atom is -0.462 e. The summed E-state index contributed by atoms with van der Waals surface area (Å²) in [4.78, 5) is 36.9. The minimum atomic E-state index is -0.532. The van der Waals surface area contributed by atoms with Gasteiger partial charge in [-0.15, -0.1) is 6.58 Å². The molecular formula is C16H20N2O4. The quantitative estimate of drug-likeness (QED) is 0.612. The summed E-state index contributed by atoms with van der Waals surface area (Å²) in [7, 11) is 0. The first-order chi connectivity index (χ1) is 10.5. The van der Waals surface area contributed by atoms with Crippen molar-refractivity contribution >= 4 is 23.5 Å². The van der Waals surface area contributed by atoms with Crippen LogP contribution in [0, 0.1) is 0 Å². The molecule has 22 heavy (non-hydrogen) atoms. The van der Waals surface area contributed by atoms with Gasteiger partial charge in [0, 0.05) is 13.5 Å². The van der Waals surface area contributed by atoms with Gasteiger partial charge < -0.3 is 15.0 Å². The summed E-state index contributed by atoms with van der Waals surface area (Å²) < 4.78 is 4.98. The summed E-state index contributed by atoms with van der Waals surface area (Å²) in [5.41, 5.74) is 0.596. The van der Waals surface area contributed by atoms with Crippen LogP contribution in [-0.2, 0) is 14.3 Å². The Hall–Kier alpha value is -2.63. The van der Waals surface area contributed by atoms with E-state index < -0.39 is 5.97 Å². The van der Waals surface area contributed by atoms with Crippen molar-refractivity contribution in [2.75, 3.05) is 24.6 Å². The molecule has 0 saturated carbocycles. The number of benzene rings is 1. The molecule has 0 heterocycles. The van der Waals surface area contributed by atoms with Crippen LogP contribution < -0.4 is 10.2 Å². The minimum absolute atomic E-state index is 0.181. The molecule has 6 heteroatoms. The number of esters is 1. The molecule has 1 aromatic carbocycles. The average Bonchev–Trinajstić information content (AvgIpc) is 2.50. The molecule has 0 bridgehead atoms. The van der Waals surface area contributed by atoms with Gasteiger partial charge >= 0.3 is 5.97 Å². The van der Waals surface area contributed by atoms with Gasteiger partial charge in [0.05, 0.1) is 17.9 Å². The van der Waals surface area contributed by atoms with E-state index in [0.29, 0.717) is 12.2 Å². The van der Waals surface area contributed by atoms with Crippen LogP contribution in [0.4, 0.5) is 5.69 Å². The smallest absolute Gasteiger partial charge is 0.340 e. The zero-order chi connectivity index (χ0) is 16.5. The van der Waals surface area contributed by atoms with E-state index in [1.54, 1.807) is 37.3 Å². The number of para-hydroxylation sites is 1. The van der Waals surface area contributed by atoms with Crippen molar-refractivity contribution in [3.05, 3.63) is 42.5 Å². The lowest BCUT2D eigenvalue weighted by atomic mass is 10.1. The highest BCUT2D eigenvalue weighted by Crippen LogP contribution is 2.21. The van der Waals surface area contributed by atoms with Crippen molar-refractivity contribution in [1.29, 1.82) is 0 Å². The summed E-state index contributed by atoms with van der Waals surface area (Å²) >= 11 is 0. The number of carbonyl (C=O) groups is 3. The normalized spacial score (nSPS) is 9.73. The Labute approximate surface area is 129 Å². The van der Waals surface area contributed by atoms with E-state index in [1.165, 1.54) is 11.8 Å². The van der Waals surface area contributed by atoms with Gasteiger partial charge in [-0.3, -0.25) is 9.59 Å². The number of rotatable bonds is 7. The molecule has 1 N–H and O–H groups in total. The Kier molecular flexibility index (Phi) is 6.82. The van der Waals surface area contributed by atoms with E-state index in [9.17, 15) is 14.4 Å². The molecule has 0 aliphatic carbocycles. The second kappa shape index (κ2) is 8.61. The number of hydrogen-bond donors (Lipinski definition) is 1.